The van der Waals surface area contributed by atoms with Crippen molar-refractivity contribution < 1.29 is 9.90 Å². The van der Waals surface area contributed by atoms with E-state index in [4.69, 9.17) is 9.90 Å². The van der Waals surface area contributed by atoms with Crippen LogP contribution in [-0.4, -0.2) is 5.97 Å². The summed E-state index contributed by atoms with van der Waals surface area (Å²) >= 11 is 0. The highest BCUT2D eigenvalue weighted by Gasteiger charge is 1.46. The molecular weight excluding hydrogens is 91.5 g/mol. The van der Waals surface area contributed by atoms with E-state index in [0.29, 0.717) is 0 Å². The lowest BCUT2D eigenvalue weighted by molar-refractivity contribution is -0.302. The molecule has 0 aromatic rings. The highest BCUT2D eigenvalue weighted by Crippen LogP contribution is 1.31. The first-order chi connectivity index (χ1) is 1.73. The summed E-state index contributed by atoms with van der Waals surface area (Å²) in [7, 11) is 0. The summed E-state index contributed by atoms with van der Waals surface area (Å²) in [6.45, 7) is 0.972. The second-order valence-electron chi connectivity index (χ2n) is 0.492. The Hall–Kier alpha value is -0.240. The van der Waals surface area contributed by atoms with Gasteiger partial charge in [-0.15, -0.1) is 12.4 Å². The Balaban J connectivity index is 0. The molecule has 5 heavy (non-hydrogen) atoms. The molecular formula is C2H4ClO2-. The van der Waals surface area contributed by atoms with Crippen molar-refractivity contribution in [1.82, 2.24) is 0 Å². The van der Waals surface area contributed by atoms with Crippen molar-refractivity contribution in [3.8, 4) is 0 Å². The Kier molecular flexibility index (Phi) is 6.64. The molecule has 0 amide bonds. The average Bonchev–Trinajstić information content (AvgIpc) is 0.811. The minimum absolute atomic E-state index is 0. The average molecular weight is 95.5 g/mol. The molecule has 0 rings (SSSR count). The Bertz CT molecular complexity index is 30.6. The van der Waals surface area contributed by atoms with Gasteiger partial charge in [0.05, 0.1) is 0 Å². The van der Waals surface area contributed by atoms with Gasteiger partial charge >= 0.3 is 0 Å². The number of hydrogen-bond acceptors (Lipinski definition) is 2. The fourth-order valence-electron chi connectivity index (χ4n) is 0. The van der Waals surface area contributed by atoms with Gasteiger partial charge in [-0.1, -0.05) is 0 Å². The zero-order chi connectivity index (χ0) is 3.58. The molecule has 0 saturated heterocycles. The molecule has 0 aliphatic carbocycles. The maximum absolute atomic E-state index is 8.89. The molecule has 0 aromatic heterocycles. The minimum atomic E-state index is -1.08. The lowest BCUT2D eigenvalue weighted by Crippen LogP contribution is -2.16. The molecule has 2 nitrogen and oxygen atoms in total. The van der Waals surface area contributed by atoms with Crippen LogP contribution in [0.25, 0.3) is 0 Å². The Morgan fingerprint density at radius 3 is 1.80 bits per heavy atom. The van der Waals surface area contributed by atoms with E-state index in [2.05, 4.69) is 0 Å². The number of hydrogen-bond donors (Lipinski definition) is 0. The zero-order valence-electron chi connectivity index (χ0n) is 2.72. The number of carbonyl (C=O) groups excluding carboxylic acids is 1. The normalized spacial score (nSPS) is 5.00. The third kappa shape index (κ3) is 202. The number of carboxylic acid groups (broad SMARTS) is 1. The Labute approximate surface area is 36.2 Å². The number of carboxylic acids is 1. The van der Waals surface area contributed by atoms with Crippen LogP contribution in [0.2, 0.25) is 0 Å². The molecule has 0 aromatic carbocycles. The summed E-state index contributed by atoms with van der Waals surface area (Å²) in [5.41, 5.74) is 0. The van der Waals surface area contributed by atoms with Crippen LogP contribution in [0.3, 0.4) is 0 Å². The van der Waals surface area contributed by atoms with E-state index in [9.17, 15) is 0 Å². The van der Waals surface area contributed by atoms with Crippen LogP contribution in [-0.2, 0) is 4.79 Å². The van der Waals surface area contributed by atoms with E-state index < -0.39 is 5.97 Å². The van der Waals surface area contributed by atoms with Gasteiger partial charge in [-0.3, -0.25) is 0 Å². The van der Waals surface area contributed by atoms with Crippen molar-refractivity contribution in [2.75, 3.05) is 0 Å². The molecule has 0 heterocycles. The number of rotatable bonds is 0. The van der Waals surface area contributed by atoms with Crippen LogP contribution in [0.1, 0.15) is 6.92 Å². The minimum Gasteiger partial charge on any atom is -0.550 e. The van der Waals surface area contributed by atoms with Crippen molar-refractivity contribution in [2.45, 2.75) is 6.92 Å². The third-order valence-corrected chi connectivity index (χ3v) is 0. The summed E-state index contributed by atoms with van der Waals surface area (Å²) in [5, 5.41) is 8.89. The zero-order valence-corrected chi connectivity index (χ0v) is 3.54. The van der Waals surface area contributed by atoms with E-state index in [1.807, 2.05) is 0 Å². The molecule has 0 fully saturated rings. The molecule has 0 atom stereocenters. The van der Waals surface area contributed by atoms with Gasteiger partial charge in [0, 0.05) is 5.97 Å². The van der Waals surface area contributed by atoms with E-state index in [1.54, 1.807) is 0 Å². The van der Waals surface area contributed by atoms with Crippen LogP contribution >= 0.6 is 12.4 Å². The number of aliphatic carboxylic acids is 1. The first kappa shape index (κ1) is 8.83. The van der Waals surface area contributed by atoms with Gasteiger partial charge in [0.15, 0.2) is 0 Å². The molecule has 0 radical (unpaired) electrons. The lowest BCUT2D eigenvalue weighted by atomic mass is 10.9. The fraction of sp³-hybridized carbons (Fsp3) is 0.500. The largest absolute Gasteiger partial charge is 0.550 e. The van der Waals surface area contributed by atoms with E-state index in [-0.39, 0.29) is 12.4 Å². The van der Waals surface area contributed by atoms with Crippen molar-refractivity contribution in [2.24, 2.45) is 0 Å². The summed E-state index contributed by atoms with van der Waals surface area (Å²) in [4.78, 5) is 8.89. The Morgan fingerprint density at radius 1 is 1.80 bits per heavy atom. The van der Waals surface area contributed by atoms with Crippen LogP contribution in [0.15, 0.2) is 0 Å². The van der Waals surface area contributed by atoms with Crippen molar-refractivity contribution >= 4 is 18.4 Å². The molecule has 32 valence electrons. The second kappa shape index (κ2) is 3.76. The summed E-state index contributed by atoms with van der Waals surface area (Å²) in [6.07, 6.45) is 0. The molecule has 3 heteroatoms. The highest BCUT2D eigenvalue weighted by molar-refractivity contribution is 5.85. The van der Waals surface area contributed by atoms with Crippen LogP contribution in [0.5, 0.6) is 0 Å². The van der Waals surface area contributed by atoms with E-state index in [0.717, 1.165) is 6.92 Å². The third-order valence-electron chi connectivity index (χ3n) is 0. The van der Waals surface area contributed by atoms with Crippen LogP contribution in [0, 0.1) is 0 Å². The van der Waals surface area contributed by atoms with Crippen LogP contribution in [0.4, 0.5) is 0 Å². The molecule has 0 bridgehead atoms. The van der Waals surface area contributed by atoms with Gasteiger partial charge < -0.3 is 9.90 Å². The number of halogens is 1. The molecule has 0 spiro atoms. The van der Waals surface area contributed by atoms with Crippen molar-refractivity contribution in [3.05, 3.63) is 0 Å². The van der Waals surface area contributed by atoms with Crippen molar-refractivity contribution in [3.63, 3.8) is 0 Å². The smallest absolute Gasteiger partial charge is 0.0383 e. The molecule has 0 unspecified atom stereocenters. The first-order valence-corrected chi connectivity index (χ1v) is 0.908. The molecule has 0 aliphatic rings. The van der Waals surface area contributed by atoms with Gasteiger partial charge in [0.2, 0.25) is 0 Å². The van der Waals surface area contributed by atoms with Crippen LogP contribution < -0.4 is 5.11 Å². The SMILES string of the molecule is CC(=O)[O-].Cl. The summed E-state index contributed by atoms with van der Waals surface area (Å²) < 4.78 is 0. The van der Waals surface area contributed by atoms with Gasteiger partial charge in [-0.25, -0.2) is 0 Å². The summed E-state index contributed by atoms with van der Waals surface area (Å²) in [6, 6.07) is 0. The molecule has 0 aliphatic heterocycles. The molecule has 0 saturated carbocycles. The fourth-order valence-corrected chi connectivity index (χ4v) is 0. The van der Waals surface area contributed by atoms with Crippen molar-refractivity contribution in [1.29, 1.82) is 0 Å². The van der Waals surface area contributed by atoms with E-state index >= 15 is 0 Å². The number of carbonyl (C=O) groups is 1. The standard InChI is InChI=1S/C2H4O2.ClH/c1-2(3)4;/h1H3,(H,3,4);1H/p-1. The van der Waals surface area contributed by atoms with Gasteiger partial charge in [-0.05, 0) is 6.92 Å². The monoisotopic (exact) mass is 95.0 g/mol. The molecule has 0 N–H and O–H groups in total. The highest BCUT2D eigenvalue weighted by atomic mass is 35.5. The second-order valence-corrected chi connectivity index (χ2v) is 0.492. The predicted octanol–water partition coefficient (Wildman–Crippen LogP) is -0.822. The topological polar surface area (TPSA) is 40.1 Å². The lowest BCUT2D eigenvalue weighted by Gasteiger charge is -1.77. The summed E-state index contributed by atoms with van der Waals surface area (Å²) in [5.74, 6) is -1.08. The quantitative estimate of drug-likeness (QED) is 0.394. The van der Waals surface area contributed by atoms with Gasteiger partial charge in [0.1, 0.15) is 0 Å². The maximum Gasteiger partial charge on any atom is 0.0383 e. The predicted molar refractivity (Wildman–Crippen MR) is 17.9 cm³/mol. The first-order valence-electron chi connectivity index (χ1n) is 0.908. The van der Waals surface area contributed by atoms with Gasteiger partial charge in [-0.2, -0.15) is 0 Å². The van der Waals surface area contributed by atoms with E-state index in [1.165, 1.54) is 0 Å². The Morgan fingerprint density at radius 2 is 1.80 bits per heavy atom. The maximum atomic E-state index is 8.89. The van der Waals surface area contributed by atoms with Gasteiger partial charge in [0.25, 0.3) is 0 Å².